The highest BCUT2D eigenvalue weighted by atomic mass is 28.4. The molecular weight excluding hydrogens is 116 g/mol. The summed E-state index contributed by atoms with van der Waals surface area (Å²) >= 11 is 0. The van der Waals surface area contributed by atoms with E-state index in [4.69, 9.17) is 4.80 Å². The molecule has 0 atom stereocenters. The van der Waals surface area contributed by atoms with Gasteiger partial charge in [0.25, 0.3) is 0 Å². The van der Waals surface area contributed by atoms with Crippen LogP contribution in [0.4, 0.5) is 0 Å². The van der Waals surface area contributed by atoms with Gasteiger partial charge < -0.3 is 4.80 Å². The van der Waals surface area contributed by atoms with Crippen LogP contribution in [0, 0.1) is 0 Å². The monoisotopic (exact) mass is 134 g/mol. The number of rotatable bonds is 0. The molecule has 0 amide bonds. The Kier molecular flexibility index (Phi) is 7.34. The summed E-state index contributed by atoms with van der Waals surface area (Å²) in [5.74, 6) is 0. The van der Waals surface area contributed by atoms with Crippen molar-refractivity contribution in [3.05, 3.63) is 0 Å². The van der Waals surface area contributed by atoms with E-state index in [2.05, 4.69) is 13.8 Å². The summed E-state index contributed by atoms with van der Waals surface area (Å²) in [5, 5.41) is 0. The fourth-order valence-corrected chi connectivity index (χ4v) is 0. The van der Waals surface area contributed by atoms with Crippen LogP contribution in [0.15, 0.2) is 0 Å². The SMILES string of the molecule is CCC.C[Si](C)(C)O. The first-order chi connectivity index (χ1) is 3.41. The highest BCUT2D eigenvalue weighted by Crippen LogP contribution is 1.88. The Morgan fingerprint density at radius 2 is 1.12 bits per heavy atom. The number of hydrogen-bond donors (Lipinski definition) is 1. The molecule has 1 N–H and O–H groups in total. The van der Waals surface area contributed by atoms with Crippen molar-refractivity contribution in [1.29, 1.82) is 0 Å². The van der Waals surface area contributed by atoms with Crippen LogP contribution in [0.25, 0.3) is 0 Å². The van der Waals surface area contributed by atoms with E-state index in [1.54, 1.807) is 0 Å². The van der Waals surface area contributed by atoms with E-state index in [1.165, 1.54) is 6.42 Å². The Hall–Kier alpha value is 0.177. The second-order valence-electron chi connectivity index (χ2n) is 2.88. The predicted octanol–water partition coefficient (Wildman–Crippen LogP) is 2.23. The predicted molar refractivity (Wildman–Crippen MR) is 41.5 cm³/mol. The lowest BCUT2D eigenvalue weighted by Crippen LogP contribution is -2.17. The Bertz CT molecular complexity index is 32.3. The third-order valence-electron chi connectivity index (χ3n) is 0. The molecule has 0 heterocycles. The normalized spacial score (nSPS) is 9.75. The third kappa shape index (κ3) is 5290. The molecule has 0 spiro atoms. The van der Waals surface area contributed by atoms with E-state index in [0.717, 1.165) is 0 Å². The van der Waals surface area contributed by atoms with Crippen LogP contribution in [-0.4, -0.2) is 13.1 Å². The van der Waals surface area contributed by atoms with Gasteiger partial charge in [-0.25, -0.2) is 0 Å². The van der Waals surface area contributed by atoms with Crippen LogP contribution in [0.3, 0.4) is 0 Å². The topological polar surface area (TPSA) is 20.2 Å². The molecule has 0 radical (unpaired) electrons. The lowest BCUT2D eigenvalue weighted by molar-refractivity contribution is 0.561. The van der Waals surface area contributed by atoms with Gasteiger partial charge >= 0.3 is 0 Å². The van der Waals surface area contributed by atoms with Gasteiger partial charge in [-0.2, -0.15) is 0 Å². The molecule has 0 aromatic carbocycles. The molecule has 1 nitrogen and oxygen atoms in total. The number of hydrogen-bond acceptors (Lipinski definition) is 1. The Balaban J connectivity index is 0. The molecule has 0 aliphatic rings. The van der Waals surface area contributed by atoms with Gasteiger partial charge in [-0.05, 0) is 19.6 Å². The molecule has 0 aliphatic carbocycles. The highest BCUT2D eigenvalue weighted by Gasteiger charge is 2.03. The molecule has 0 aromatic heterocycles. The van der Waals surface area contributed by atoms with E-state index in [1.807, 2.05) is 19.6 Å². The van der Waals surface area contributed by atoms with E-state index < -0.39 is 8.32 Å². The van der Waals surface area contributed by atoms with Crippen molar-refractivity contribution in [3.8, 4) is 0 Å². The summed E-state index contributed by atoms with van der Waals surface area (Å²) in [6, 6.07) is 0. The lowest BCUT2D eigenvalue weighted by atomic mass is 10.6. The molecule has 8 heavy (non-hydrogen) atoms. The second kappa shape index (κ2) is 5.32. The molecule has 0 aromatic rings. The van der Waals surface area contributed by atoms with Gasteiger partial charge in [0.2, 0.25) is 0 Å². The maximum atomic E-state index is 8.66. The average molecular weight is 134 g/mol. The Morgan fingerprint density at radius 1 is 1.12 bits per heavy atom. The Labute approximate surface area is 53.9 Å². The van der Waals surface area contributed by atoms with Crippen molar-refractivity contribution in [2.75, 3.05) is 0 Å². The molecule has 0 saturated carbocycles. The average Bonchev–Trinajstić information content (AvgIpc) is 1.27. The zero-order valence-electron chi connectivity index (χ0n) is 6.65. The van der Waals surface area contributed by atoms with Gasteiger partial charge in [-0.1, -0.05) is 20.3 Å². The maximum absolute atomic E-state index is 8.66. The smallest absolute Gasteiger partial charge is 0.179 e. The first-order valence-electron chi connectivity index (χ1n) is 3.14. The zero-order chi connectivity index (χ0) is 7.21. The van der Waals surface area contributed by atoms with Crippen LogP contribution in [0.5, 0.6) is 0 Å². The minimum atomic E-state index is -1.61. The fourth-order valence-electron chi connectivity index (χ4n) is 0. The van der Waals surface area contributed by atoms with E-state index >= 15 is 0 Å². The van der Waals surface area contributed by atoms with Crippen molar-refractivity contribution in [2.45, 2.75) is 39.9 Å². The fraction of sp³-hybridized carbons (Fsp3) is 1.00. The standard InChI is InChI=1S/C3H10OSi.C3H8/c1-5(2,3)4;1-3-2/h4H,1-3H3;3H2,1-2H3. The zero-order valence-corrected chi connectivity index (χ0v) is 7.65. The van der Waals surface area contributed by atoms with E-state index in [9.17, 15) is 0 Å². The summed E-state index contributed by atoms with van der Waals surface area (Å²) < 4.78 is 0. The van der Waals surface area contributed by atoms with Crippen LogP contribution in [-0.2, 0) is 0 Å². The van der Waals surface area contributed by atoms with Crippen molar-refractivity contribution >= 4 is 8.32 Å². The van der Waals surface area contributed by atoms with Crippen molar-refractivity contribution in [2.24, 2.45) is 0 Å². The van der Waals surface area contributed by atoms with Crippen LogP contribution >= 0.6 is 0 Å². The molecule has 0 unspecified atom stereocenters. The summed E-state index contributed by atoms with van der Waals surface area (Å²) in [7, 11) is -1.61. The van der Waals surface area contributed by atoms with Crippen molar-refractivity contribution < 1.29 is 4.80 Å². The van der Waals surface area contributed by atoms with Crippen LogP contribution < -0.4 is 0 Å². The Morgan fingerprint density at radius 3 is 1.12 bits per heavy atom. The molecule has 0 bridgehead atoms. The summed E-state index contributed by atoms with van der Waals surface area (Å²) in [6.07, 6.45) is 1.25. The van der Waals surface area contributed by atoms with Crippen molar-refractivity contribution in [1.82, 2.24) is 0 Å². The second-order valence-corrected chi connectivity index (χ2v) is 7.22. The van der Waals surface area contributed by atoms with Gasteiger partial charge in [0.1, 0.15) is 0 Å². The first-order valence-corrected chi connectivity index (χ1v) is 6.59. The van der Waals surface area contributed by atoms with E-state index in [-0.39, 0.29) is 0 Å². The third-order valence-corrected chi connectivity index (χ3v) is 0. The van der Waals surface area contributed by atoms with Crippen LogP contribution in [0.1, 0.15) is 20.3 Å². The summed E-state index contributed by atoms with van der Waals surface area (Å²) in [4.78, 5) is 8.66. The summed E-state index contributed by atoms with van der Waals surface area (Å²) in [5.41, 5.74) is 0. The summed E-state index contributed by atoms with van der Waals surface area (Å²) in [6.45, 7) is 9.90. The van der Waals surface area contributed by atoms with Gasteiger partial charge in [-0.3, -0.25) is 0 Å². The van der Waals surface area contributed by atoms with Crippen LogP contribution in [0.2, 0.25) is 19.6 Å². The molecule has 0 aliphatic heterocycles. The minimum Gasteiger partial charge on any atom is -0.433 e. The van der Waals surface area contributed by atoms with Gasteiger partial charge in [-0.15, -0.1) is 0 Å². The molecule has 0 rings (SSSR count). The molecule has 52 valence electrons. The van der Waals surface area contributed by atoms with E-state index in [0.29, 0.717) is 0 Å². The molecule has 2 heteroatoms. The molecule has 0 saturated heterocycles. The minimum absolute atomic E-state index is 1.25. The lowest BCUT2D eigenvalue weighted by Gasteiger charge is -2.00. The van der Waals surface area contributed by atoms with Gasteiger partial charge in [0.15, 0.2) is 8.32 Å². The molecule has 0 fully saturated rings. The quantitative estimate of drug-likeness (QED) is 0.504. The first kappa shape index (κ1) is 11.0. The van der Waals surface area contributed by atoms with Gasteiger partial charge in [0.05, 0.1) is 0 Å². The molecular formula is C6H18OSi. The largest absolute Gasteiger partial charge is 0.433 e. The van der Waals surface area contributed by atoms with Gasteiger partial charge in [0, 0.05) is 0 Å². The highest BCUT2D eigenvalue weighted by molar-refractivity contribution is 6.68. The van der Waals surface area contributed by atoms with Crippen molar-refractivity contribution in [3.63, 3.8) is 0 Å². The maximum Gasteiger partial charge on any atom is 0.179 e.